The van der Waals surface area contributed by atoms with E-state index in [-0.39, 0.29) is 17.5 Å². The normalized spacial score (nSPS) is 14.3. The van der Waals surface area contributed by atoms with Crippen LogP contribution < -0.4 is 4.72 Å². The number of nitrogens with one attached hydrogen (secondary N) is 1. The Morgan fingerprint density at radius 1 is 1.27 bits per heavy atom. The number of hydrogen-bond acceptors (Lipinski definition) is 5. The lowest BCUT2D eigenvalue weighted by Crippen LogP contribution is -2.19. The molecule has 0 heterocycles. The number of Topliss-reactive ketones (excluding diaryl/α,β-unsaturated/α-hetero) is 2. The van der Waals surface area contributed by atoms with Crippen LogP contribution in [-0.2, 0) is 14.8 Å². The Morgan fingerprint density at radius 2 is 1.81 bits per heavy atom. The van der Waals surface area contributed by atoms with Crippen LogP contribution in [0.1, 0.15) is 28.8 Å². The zero-order valence-corrected chi connectivity index (χ0v) is 18.1. The first kappa shape index (κ1) is 22.5. The number of benzene rings is 1. The van der Waals surface area contributed by atoms with E-state index in [0.717, 1.165) is 29.1 Å². The van der Waals surface area contributed by atoms with Crippen molar-refractivity contribution in [1.29, 1.82) is 0 Å². The van der Waals surface area contributed by atoms with Crippen LogP contribution in [0.15, 0.2) is 34.4 Å². The van der Waals surface area contributed by atoms with Crippen molar-refractivity contribution in [2.45, 2.75) is 19.8 Å². The molecule has 8 heteroatoms. The Kier molecular flexibility index (Phi) is 8.17. The van der Waals surface area contributed by atoms with Gasteiger partial charge in [0, 0.05) is 36.2 Å². The summed E-state index contributed by atoms with van der Waals surface area (Å²) < 4.78 is 22.8. The van der Waals surface area contributed by atoms with Gasteiger partial charge in [-0.2, -0.15) is 0 Å². The molecule has 2 rings (SSSR count). The van der Waals surface area contributed by atoms with Gasteiger partial charge in [0.2, 0.25) is 10.0 Å². The summed E-state index contributed by atoms with van der Waals surface area (Å²) in [5.74, 6) is -0.160. The molecule has 0 aliphatic heterocycles. The van der Waals surface area contributed by atoms with E-state index in [1.807, 2.05) is 33.2 Å². The van der Waals surface area contributed by atoms with Gasteiger partial charge in [0.15, 0.2) is 11.6 Å². The third kappa shape index (κ3) is 7.39. The molecule has 1 aromatic carbocycles. The largest absolute Gasteiger partial charge is 0.383 e. The Balaban J connectivity index is 0.000000487. The lowest BCUT2D eigenvalue weighted by molar-refractivity contribution is -0.116. The minimum Gasteiger partial charge on any atom is -0.383 e. The van der Waals surface area contributed by atoms with Gasteiger partial charge in [0.25, 0.3) is 0 Å². The SMILES string of the molecule is CNS(C)(=O)=O.Cc1cc(Br)ccc1C(=O)C(=CN(C)C)C(=O)C1CC1. The maximum Gasteiger partial charge on any atom is 0.208 e. The van der Waals surface area contributed by atoms with E-state index in [4.69, 9.17) is 0 Å². The average molecular weight is 445 g/mol. The lowest BCUT2D eigenvalue weighted by Gasteiger charge is -2.12. The highest BCUT2D eigenvalue weighted by Gasteiger charge is 2.35. The van der Waals surface area contributed by atoms with Gasteiger partial charge in [0.1, 0.15) is 0 Å². The average Bonchev–Trinajstić information content (AvgIpc) is 3.36. The number of halogens is 1. The van der Waals surface area contributed by atoms with Crippen LogP contribution in [0.3, 0.4) is 0 Å². The van der Waals surface area contributed by atoms with E-state index in [2.05, 4.69) is 20.7 Å². The maximum atomic E-state index is 12.7. The number of carbonyl (C=O) groups excluding carboxylic acids is 2. The second-order valence-electron chi connectivity index (χ2n) is 6.41. The van der Waals surface area contributed by atoms with E-state index in [9.17, 15) is 18.0 Å². The van der Waals surface area contributed by atoms with Crippen molar-refractivity contribution in [1.82, 2.24) is 9.62 Å². The molecule has 0 radical (unpaired) electrons. The summed E-state index contributed by atoms with van der Waals surface area (Å²) in [6.07, 6.45) is 4.55. The molecule has 0 spiro atoms. The van der Waals surface area contributed by atoms with Gasteiger partial charge in [-0.05, 0) is 50.6 Å². The number of rotatable bonds is 6. The molecule has 0 amide bonds. The molecule has 1 fully saturated rings. The fraction of sp³-hybridized carbons (Fsp3) is 0.444. The second kappa shape index (κ2) is 9.43. The standard InChI is InChI=1S/C16H18BrNO2.C2H7NO2S/c1-10-8-12(17)6-7-13(10)16(20)14(9-18(2)3)15(19)11-4-5-11;1-3-6(2,4)5/h6-9,11H,4-5H2,1-3H3;3H,1-2H3. The Labute approximate surface area is 163 Å². The van der Waals surface area contributed by atoms with Gasteiger partial charge >= 0.3 is 0 Å². The van der Waals surface area contributed by atoms with E-state index in [0.29, 0.717) is 11.1 Å². The molecule has 6 nitrogen and oxygen atoms in total. The van der Waals surface area contributed by atoms with Gasteiger partial charge < -0.3 is 4.90 Å². The smallest absolute Gasteiger partial charge is 0.208 e. The molecule has 144 valence electrons. The molecule has 26 heavy (non-hydrogen) atoms. The van der Waals surface area contributed by atoms with Crippen molar-refractivity contribution < 1.29 is 18.0 Å². The quantitative estimate of drug-likeness (QED) is 0.315. The van der Waals surface area contributed by atoms with E-state index in [1.165, 1.54) is 7.05 Å². The summed E-state index contributed by atoms with van der Waals surface area (Å²) in [6.45, 7) is 1.88. The fourth-order valence-electron chi connectivity index (χ4n) is 2.08. The number of ketones is 2. The summed E-state index contributed by atoms with van der Waals surface area (Å²) in [6, 6.07) is 5.49. The lowest BCUT2D eigenvalue weighted by atomic mass is 9.95. The first-order valence-corrected chi connectivity index (χ1v) is 10.8. The van der Waals surface area contributed by atoms with E-state index < -0.39 is 10.0 Å². The van der Waals surface area contributed by atoms with Crippen molar-refractivity contribution in [3.8, 4) is 0 Å². The Morgan fingerprint density at radius 3 is 2.19 bits per heavy atom. The number of sulfonamides is 1. The second-order valence-corrected chi connectivity index (χ2v) is 9.28. The van der Waals surface area contributed by atoms with Crippen LogP contribution in [0, 0.1) is 12.8 Å². The molecule has 1 saturated carbocycles. The van der Waals surface area contributed by atoms with Crippen LogP contribution in [0.25, 0.3) is 0 Å². The van der Waals surface area contributed by atoms with Gasteiger partial charge in [-0.3, -0.25) is 9.59 Å². The summed E-state index contributed by atoms with van der Waals surface area (Å²) in [5, 5.41) is 0. The van der Waals surface area contributed by atoms with Crippen LogP contribution >= 0.6 is 15.9 Å². The molecule has 0 atom stereocenters. The molecule has 0 bridgehead atoms. The van der Waals surface area contributed by atoms with Crippen LogP contribution in [0.4, 0.5) is 0 Å². The van der Waals surface area contributed by atoms with Crippen molar-refractivity contribution in [3.05, 3.63) is 45.6 Å². The fourth-order valence-corrected chi connectivity index (χ4v) is 2.56. The molecule has 0 unspecified atom stereocenters. The van der Waals surface area contributed by atoms with Gasteiger partial charge in [0.05, 0.1) is 11.8 Å². The highest BCUT2D eigenvalue weighted by molar-refractivity contribution is 9.10. The van der Waals surface area contributed by atoms with Gasteiger partial charge in [-0.15, -0.1) is 0 Å². The molecule has 1 N–H and O–H groups in total. The Hall–Kier alpha value is -1.51. The molecular weight excluding hydrogens is 420 g/mol. The first-order valence-electron chi connectivity index (χ1n) is 8.08. The highest BCUT2D eigenvalue weighted by atomic mass is 79.9. The minimum atomic E-state index is -2.91. The highest BCUT2D eigenvalue weighted by Crippen LogP contribution is 2.33. The van der Waals surface area contributed by atoms with E-state index in [1.54, 1.807) is 17.2 Å². The number of allylic oxidation sites excluding steroid dienone is 1. The monoisotopic (exact) mass is 444 g/mol. The summed E-state index contributed by atoms with van der Waals surface area (Å²) >= 11 is 3.38. The summed E-state index contributed by atoms with van der Waals surface area (Å²) in [4.78, 5) is 26.7. The maximum absolute atomic E-state index is 12.7. The minimum absolute atomic E-state index is 0.0222. The Bertz CT molecular complexity index is 812. The zero-order valence-electron chi connectivity index (χ0n) is 15.7. The van der Waals surface area contributed by atoms with Gasteiger partial charge in [-0.25, -0.2) is 13.1 Å². The number of carbonyl (C=O) groups is 2. The van der Waals surface area contributed by atoms with Crippen molar-refractivity contribution >= 4 is 37.5 Å². The van der Waals surface area contributed by atoms with Crippen molar-refractivity contribution in [3.63, 3.8) is 0 Å². The van der Waals surface area contributed by atoms with Crippen LogP contribution in [0.2, 0.25) is 0 Å². The van der Waals surface area contributed by atoms with Crippen molar-refractivity contribution in [2.75, 3.05) is 27.4 Å². The third-order valence-electron chi connectivity index (χ3n) is 3.65. The third-order valence-corrected chi connectivity index (χ3v) is 4.88. The molecule has 1 aliphatic rings. The van der Waals surface area contributed by atoms with Crippen LogP contribution in [-0.4, -0.2) is 52.3 Å². The zero-order chi connectivity index (χ0) is 20.1. The topological polar surface area (TPSA) is 83.6 Å². The molecule has 1 aromatic rings. The van der Waals surface area contributed by atoms with Crippen molar-refractivity contribution in [2.24, 2.45) is 5.92 Å². The molecule has 1 aliphatic carbocycles. The molecular formula is C18H25BrN2O4S. The van der Waals surface area contributed by atoms with Crippen LogP contribution in [0.5, 0.6) is 0 Å². The number of nitrogens with zero attached hydrogens (tertiary/aromatic N) is 1. The number of aryl methyl sites for hydroxylation is 1. The molecule has 0 saturated heterocycles. The first-order chi connectivity index (χ1) is 12.0. The summed E-state index contributed by atoms with van der Waals surface area (Å²) in [5.41, 5.74) is 1.76. The summed E-state index contributed by atoms with van der Waals surface area (Å²) in [7, 11) is 2.10. The number of hydrogen-bond donors (Lipinski definition) is 1. The van der Waals surface area contributed by atoms with Gasteiger partial charge in [-0.1, -0.05) is 15.9 Å². The predicted octanol–water partition coefficient (Wildman–Crippen LogP) is 2.53. The molecule has 0 aromatic heterocycles. The predicted molar refractivity (Wildman–Crippen MR) is 107 cm³/mol. The van der Waals surface area contributed by atoms with E-state index >= 15 is 0 Å².